The zero-order chi connectivity index (χ0) is 21.1. The molecule has 1 aliphatic rings. The van der Waals surface area contributed by atoms with Gasteiger partial charge < -0.3 is 10.4 Å². The summed E-state index contributed by atoms with van der Waals surface area (Å²) >= 11 is 1.94. The lowest BCUT2D eigenvalue weighted by atomic mass is 9.96. The second kappa shape index (κ2) is 8.95. The zero-order valence-corrected chi connectivity index (χ0v) is 18.3. The van der Waals surface area contributed by atoms with Crippen LogP contribution in [0.5, 0.6) is 0 Å². The summed E-state index contributed by atoms with van der Waals surface area (Å²) in [6, 6.07) is 12.7. The van der Waals surface area contributed by atoms with E-state index in [1.54, 1.807) is 0 Å². The van der Waals surface area contributed by atoms with Gasteiger partial charge in [0.15, 0.2) is 0 Å². The third-order valence-corrected chi connectivity index (χ3v) is 6.69. The second-order valence-electron chi connectivity index (χ2n) is 7.55. The Morgan fingerprint density at radius 2 is 2.17 bits per heavy atom. The number of nitrogens with zero attached hydrogens (tertiary/aromatic N) is 3. The predicted octanol–water partition coefficient (Wildman–Crippen LogP) is 4.16. The quantitative estimate of drug-likeness (QED) is 0.626. The van der Waals surface area contributed by atoms with Crippen molar-refractivity contribution in [2.75, 3.05) is 17.7 Å². The van der Waals surface area contributed by atoms with Gasteiger partial charge in [0, 0.05) is 42.6 Å². The predicted molar refractivity (Wildman–Crippen MR) is 124 cm³/mol. The average molecular weight is 419 g/mol. The number of thioether (sulfide) groups is 1. The monoisotopic (exact) mass is 418 g/mol. The largest absolute Gasteiger partial charge is 0.395 e. The minimum atomic E-state index is 0.0913. The molecule has 6 heteroatoms. The molecule has 0 radical (unpaired) electrons. The highest BCUT2D eigenvalue weighted by molar-refractivity contribution is 7.99. The smallest absolute Gasteiger partial charge is 0.129 e. The van der Waals surface area contributed by atoms with Crippen molar-refractivity contribution >= 4 is 17.6 Å². The Kier molecular flexibility index (Phi) is 6.12. The fourth-order valence-electron chi connectivity index (χ4n) is 3.76. The maximum absolute atomic E-state index is 8.95. The van der Waals surface area contributed by atoms with Gasteiger partial charge >= 0.3 is 0 Å². The minimum absolute atomic E-state index is 0.0913. The van der Waals surface area contributed by atoms with Crippen LogP contribution in [0, 0.1) is 18.8 Å². The molecule has 3 heterocycles. The molecule has 2 aromatic heterocycles. The Balaban J connectivity index is 1.82. The first-order valence-electron chi connectivity index (χ1n) is 10.1. The van der Waals surface area contributed by atoms with Gasteiger partial charge in [-0.15, -0.1) is 11.8 Å². The molecule has 1 aliphatic heterocycles. The first kappa shape index (κ1) is 20.5. The average Bonchev–Trinajstić information content (AvgIpc) is 2.95. The minimum Gasteiger partial charge on any atom is -0.395 e. The summed E-state index contributed by atoms with van der Waals surface area (Å²) in [7, 11) is 1.99. The van der Waals surface area contributed by atoms with Crippen LogP contribution in [0.4, 0.5) is 5.82 Å². The lowest BCUT2D eigenvalue weighted by Crippen LogP contribution is -2.18. The number of anilines is 1. The van der Waals surface area contributed by atoms with Crippen molar-refractivity contribution in [3.05, 3.63) is 64.8 Å². The molecule has 2 atom stereocenters. The van der Waals surface area contributed by atoms with Gasteiger partial charge in [0.25, 0.3) is 0 Å². The lowest BCUT2D eigenvalue weighted by Gasteiger charge is -2.19. The molecule has 0 saturated heterocycles. The van der Waals surface area contributed by atoms with Crippen LogP contribution in [0.1, 0.15) is 40.8 Å². The van der Waals surface area contributed by atoms with Gasteiger partial charge in [0.2, 0.25) is 0 Å². The van der Waals surface area contributed by atoms with E-state index in [9.17, 15) is 0 Å². The van der Waals surface area contributed by atoms with Crippen LogP contribution in [0.15, 0.2) is 42.6 Å². The number of aliphatic hydroxyl groups is 1. The third-order valence-electron chi connectivity index (χ3n) is 5.17. The molecule has 0 unspecified atom stereocenters. The van der Waals surface area contributed by atoms with E-state index < -0.39 is 0 Å². The summed E-state index contributed by atoms with van der Waals surface area (Å²) in [6.07, 6.45) is 2.31. The number of hydrogen-bond donors (Lipinski definition) is 2. The normalized spacial score (nSPS) is 18.0. The van der Waals surface area contributed by atoms with Crippen LogP contribution < -0.4 is 5.32 Å². The molecule has 154 valence electrons. The van der Waals surface area contributed by atoms with Crippen molar-refractivity contribution in [3.8, 4) is 23.2 Å². The summed E-state index contributed by atoms with van der Waals surface area (Å²) in [5.41, 5.74) is 6.47. The molecule has 5 nitrogen and oxygen atoms in total. The fraction of sp³-hybridized carbons (Fsp3) is 0.333. The Morgan fingerprint density at radius 1 is 1.30 bits per heavy atom. The first-order chi connectivity index (χ1) is 14.6. The first-order valence-corrected chi connectivity index (χ1v) is 11.2. The summed E-state index contributed by atoms with van der Waals surface area (Å²) in [5, 5.41) is 17.6. The molecule has 2 N–H and O–H groups in total. The van der Waals surface area contributed by atoms with E-state index in [4.69, 9.17) is 10.2 Å². The highest BCUT2D eigenvalue weighted by Gasteiger charge is 2.31. The highest BCUT2D eigenvalue weighted by atomic mass is 32.2. The van der Waals surface area contributed by atoms with Crippen molar-refractivity contribution in [2.45, 2.75) is 31.6 Å². The number of hydrogen-bond acceptors (Lipinski definition) is 5. The lowest BCUT2D eigenvalue weighted by molar-refractivity contribution is 0.305. The van der Waals surface area contributed by atoms with Crippen molar-refractivity contribution in [2.24, 2.45) is 7.05 Å². The van der Waals surface area contributed by atoms with Gasteiger partial charge in [-0.25, -0.2) is 0 Å². The molecular weight excluding hydrogens is 392 g/mol. The van der Waals surface area contributed by atoms with Crippen molar-refractivity contribution in [3.63, 3.8) is 0 Å². The number of pyridine rings is 1. The molecule has 0 amide bonds. The van der Waals surface area contributed by atoms with Crippen LogP contribution in [0.2, 0.25) is 0 Å². The molecule has 0 saturated carbocycles. The second-order valence-corrected chi connectivity index (χ2v) is 8.69. The van der Waals surface area contributed by atoms with Gasteiger partial charge in [-0.1, -0.05) is 24.0 Å². The van der Waals surface area contributed by atoms with Gasteiger partial charge in [-0.05, 0) is 49.2 Å². The molecule has 30 heavy (non-hydrogen) atoms. The van der Waals surface area contributed by atoms with E-state index in [1.807, 2.05) is 47.9 Å². The standard InChI is InChI=1S/C24H26N4OS/c1-16-14-18(8-5-7-13-29)10-11-19(16)23-21-22(20-9-4-6-12-25-20)27-28(3)24(21)26-17(2)15-30-23/h4,6,9-12,14,17,23,26,29H,7,13,15H2,1-3H3/t17-,23+/m1/s1. The Bertz CT molecular complexity index is 1100. The van der Waals surface area contributed by atoms with Crippen molar-refractivity contribution in [1.29, 1.82) is 0 Å². The van der Waals surface area contributed by atoms with Crippen LogP contribution in [-0.4, -0.2) is 38.3 Å². The zero-order valence-electron chi connectivity index (χ0n) is 17.5. The van der Waals surface area contributed by atoms with Crippen molar-refractivity contribution < 1.29 is 5.11 Å². The van der Waals surface area contributed by atoms with Crippen LogP contribution in [0.3, 0.4) is 0 Å². The van der Waals surface area contributed by atoms with Gasteiger partial charge in [0.1, 0.15) is 11.5 Å². The third kappa shape index (κ3) is 4.09. The van der Waals surface area contributed by atoms with Crippen molar-refractivity contribution in [1.82, 2.24) is 14.8 Å². The number of aryl methyl sites for hydroxylation is 2. The van der Waals surface area contributed by atoms with Crippen LogP contribution in [0.25, 0.3) is 11.4 Å². The molecule has 0 fully saturated rings. The molecule has 3 aromatic rings. The molecular formula is C24H26N4OS. The van der Waals surface area contributed by atoms with Crippen LogP contribution in [-0.2, 0) is 7.05 Å². The highest BCUT2D eigenvalue weighted by Crippen LogP contribution is 2.47. The summed E-state index contributed by atoms with van der Waals surface area (Å²) in [5.74, 6) is 8.21. The molecule has 1 aromatic carbocycles. The van der Waals surface area contributed by atoms with Gasteiger partial charge in [0.05, 0.1) is 17.6 Å². The number of nitrogens with one attached hydrogen (secondary N) is 1. The summed E-state index contributed by atoms with van der Waals surface area (Å²) < 4.78 is 1.94. The number of aliphatic hydroxyl groups excluding tert-OH is 1. The van der Waals surface area contributed by atoms with Gasteiger partial charge in [-0.3, -0.25) is 9.67 Å². The van der Waals surface area contributed by atoms with Gasteiger partial charge in [-0.2, -0.15) is 5.10 Å². The number of rotatable bonds is 3. The van der Waals surface area contributed by atoms with E-state index in [0.717, 1.165) is 28.5 Å². The maximum atomic E-state index is 8.95. The summed E-state index contributed by atoms with van der Waals surface area (Å²) in [6.45, 7) is 4.44. The Morgan fingerprint density at radius 3 is 2.90 bits per heavy atom. The molecule has 0 spiro atoms. The van der Waals surface area contributed by atoms with E-state index in [1.165, 1.54) is 16.7 Å². The van der Waals surface area contributed by atoms with Crippen LogP contribution >= 0.6 is 11.8 Å². The SMILES string of the molecule is Cc1cc(C#CCCO)ccc1[C@@H]1SC[C@@H](C)Nc2c1c(-c1ccccn1)nn2C. The Labute approximate surface area is 181 Å². The van der Waals surface area contributed by atoms with E-state index >= 15 is 0 Å². The van der Waals surface area contributed by atoms with E-state index in [-0.39, 0.29) is 11.9 Å². The molecule has 4 rings (SSSR count). The Hall–Kier alpha value is -2.75. The topological polar surface area (TPSA) is 63.0 Å². The maximum Gasteiger partial charge on any atom is 0.129 e. The molecule has 0 aliphatic carbocycles. The van der Waals surface area contributed by atoms with E-state index in [2.05, 4.69) is 54.2 Å². The number of benzene rings is 1. The number of fused-ring (bicyclic) bond motifs is 1. The molecule has 0 bridgehead atoms. The number of aromatic nitrogens is 3. The van der Waals surface area contributed by atoms with E-state index in [0.29, 0.717) is 12.5 Å². The summed E-state index contributed by atoms with van der Waals surface area (Å²) in [4.78, 5) is 4.57. The fourth-order valence-corrected chi connectivity index (χ4v) is 5.16.